The van der Waals surface area contributed by atoms with Crippen LogP contribution >= 0.6 is 24.8 Å². The SMILES string of the molecule is COCCNC(=O)CN1CCN(C(=O)CCC(C)N)CC1.Cl.Cl. The molecule has 0 aromatic heterocycles. The van der Waals surface area contributed by atoms with Crippen molar-refractivity contribution in [2.45, 2.75) is 25.8 Å². The lowest BCUT2D eigenvalue weighted by Gasteiger charge is -2.34. The molecule has 0 aromatic rings. The van der Waals surface area contributed by atoms with E-state index in [1.807, 2.05) is 11.8 Å². The average Bonchev–Trinajstić information content (AvgIpc) is 2.45. The number of nitrogens with one attached hydrogen (secondary N) is 1. The maximum atomic E-state index is 12.0. The first-order chi connectivity index (χ1) is 10.0. The molecule has 23 heavy (non-hydrogen) atoms. The molecule has 2 amide bonds. The van der Waals surface area contributed by atoms with Crippen LogP contribution < -0.4 is 11.1 Å². The Morgan fingerprint density at radius 2 is 1.83 bits per heavy atom. The largest absolute Gasteiger partial charge is 0.383 e. The maximum absolute atomic E-state index is 12.0. The molecular formula is C14H30Cl2N4O3. The minimum atomic E-state index is 0. The molecule has 9 heteroatoms. The molecule has 1 fully saturated rings. The van der Waals surface area contributed by atoms with Gasteiger partial charge in [-0.3, -0.25) is 14.5 Å². The van der Waals surface area contributed by atoms with Crippen LogP contribution in [-0.2, 0) is 14.3 Å². The van der Waals surface area contributed by atoms with Crippen LogP contribution in [0, 0.1) is 0 Å². The van der Waals surface area contributed by atoms with Crippen molar-refractivity contribution in [3.05, 3.63) is 0 Å². The van der Waals surface area contributed by atoms with Crippen LogP contribution in [0.15, 0.2) is 0 Å². The fraction of sp³-hybridized carbons (Fsp3) is 0.857. The number of carbonyl (C=O) groups excluding carboxylic acids is 2. The highest BCUT2D eigenvalue weighted by Crippen LogP contribution is 2.05. The van der Waals surface area contributed by atoms with E-state index in [9.17, 15) is 9.59 Å². The average molecular weight is 373 g/mol. The van der Waals surface area contributed by atoms with E-state index in [1.165, 1.54) is 0 Å². The molecule has 0 radical (unpaired) electrons. The van der Waals surface area contributed by atoms with Gasteiger partial charge in [0.05, 0.1) is 13.2 Å². The summed E-state index contributed by atoms with van der Waals surface area (Å²) in [5.41, 5.74) is 5.66. The van der Waals surface area contributed by atoms with Gasteiger partial charge < -0.3 is 20.7 Å². The summed E-state index contributed by atoms with van der Waals surface area (Å²) in [6.45, 7) is 6.19. The summed E-state index contributed by atoms with van der Waals surface area (Å²) in [6, 6.07) is 0.0611. The van der Waals surface area contributed by atoms with Crippen LogP contribution in [0.25, 0.3) is 0 Å². The predicted octanol–water partition coefficient (Wildman–Crippen LogP) is -0.136. The zero-order chi connectivity index (χ0) is 15.7. The molecule has 1 aliphatic rings. The number of methoxy groups -OCH3 is 1. The van der Waals surface area contributed by atoms with Crippen LogP contribution in [0.4, 0.5) is 0 Å². The van der Waals surface area contributed by atoms with Crippen molar-refractivity contribution in [3.8, 4) is 0 Å². The van der Waals surface area contributed by atoms with Crippen LogP contribution in [-0.4, -0.2) is 80.6 Å². The molecule has 1 atom stereocenters. The van der Waals surface area contributed by atoms with E-state index in [4.69, 9.17) is 10.5 Å². The third-order valence-electron chi connectivity index (χ3n) is 3.53. The van der Waals surface area contributed by atoms with Crippen molar-refractivity contribution in [3.63, 3.8) is 0 Å². The molecule has 0 aliphatic carbocycles. The van der Waals surface area contributed by atoms with Crippen molar-refractivity contribution in [2.24, 2.45) is 5.73 Å². The van der Waals surface area contributed by atoms with Gasteiger partial charge >= 0.3 is 0 Å². The Labute approximate surface area is 151 Å². The van der Waals surface area contributed by atoms with Gasteiger partial charge in [-0.1, -0.05) is 0 Å². The highest BCUT2D eigenvalue weighted by Gasteiger charge is 2.22. The molecule has 0 saturated carbocycles. The van der Waals surface area contributed by atoms with E-state index in [0.717, 1.165) is 19.5 Å². The Balaban J connectivity index is 0. The Morgan fingerprint density at radius 1 is 1.22 bits per heavy atom. The molecule has 7 nitrogen and oxygen atoms in total. The number of carbonyl (C=O) groups is 2. The number of hydrogen-bond acceptors (Lipinski definition) is 5. The lowest BCUT2D eigenvalue weighted by Crippen LogP contribution is -2.51. The molecule has 0 aromatic carbocycles. The quantitative estimate of drug-likeness (QED) is 0.579. The van der Waals surface area contributed by atoms with Gasteiger partial charge in [0.25, 0.3) is 0 Å². The van der Waals surface area contributed by atoms with E-state index in [1.54, 1.807) is 7.11 Å². The van der Waals surface area contributed by atoms with Gasteiger partial charge in [0.1, 0.15) is 0 Å². The molecule has 0 spiro atoms. The third kappa shape index (κ3) is 10.7. The van der Waals surface area contributed by atoms with Gasteiger partial charge in [-0.25, -0.2) is 0 Å². The number of piperazine rings is 1. The molecule has 1 unspecified atom stereocenters. The first-order valence-electron chi connectivity index (χ1n) is 7.54. The third-order valence-corrected chi connectivity index (χ3v) is 3.53. The van der Waals surface area contributed by atoms with Gasteiger partial charge in [-0.15, -0.1) is 24.8 Å². The van der Waals surface area contributed by atoms with E-state index in [0.29, 0.717) is 39.2 Å². The fourth-order valence-electron chi connectivity index (χ4n) is 2.22. The van der Waals surface area contributed by atoms with Gasteiger partial charge in [0, 0.05) is 52.3 Å². The fourth-order valence-corrected chi connectivity index (χ4v) is 2.22. The van der Waals surface area contributed by atoms with Gasteiger partial charge in [-0.05, 0) is 13.3 Å². The Kier molecular flexibility index (Phi) is 14.8. The van der Waals surface area contributed by atoms with Crippen molar-refractivity contribution in [1.29, 1.82) is 0 Å². The first kappa shape index (κ1) is 24.6. The zero-order valence-corrected chi connectivity index (χ0v) is 15.6. The summed E-state index contributed by atoms with van der Waals surface area (Å²) in [6.07, 6.45) is 1.23. The second-order valence-electron chi connectivity index (χ2n) is 5.52. The monoisotopic (exact) mass is 372 g/mol. The lowest BCUT2D eigenvalue weighted by molar-refractivity contribution is -0.133. The number of ether oxygens (including phenoxy) is 1. The summed E-state index contributed by atoms with van der Waals surface area (Å²) < 4.78 is 4.88. The van der Waals surface area contributed by atoms with Crippen molar-refractivity contribution >= 4 is 36.6 Å². The predicted molar refractivity (Wildman–Crippen MR) is 95.3 cm³/mol. The summed E-state index contributed by atoms with van der Waals surface area (Å²) in [7, 11) is 1.60. The van der Waals surface area contributed by atoms with Crippen LogP contribution in [0.5, 0.6) is 0 Å². The molecule has 138 valence electrons. The van der Waals surface area contributed by atoms with Crippen LogP contribution in [0.1, 0.15) is 19.8 Å². The molecule has 3 N–H and O–H groups in total. The zero-order valence-electron chi connectivity index (χ0n) is 14.0. The Hall–Kier alpha value is -0.600. The molecular weight excluding hydrogens is 343 g/mol. The summed E-state index contributed by atoms with van der Waals surface area (Å²) in [5, 5.41) is 2.80. The van der Waals surface area contributed by atoms with Crippen molar-refractivity contribution in [1.82, 2.24) is 15.1 Å². The smallest absolute Gasteiger partial charge is 0.234 e. The van der Waals surface area contributed by atoms with Gasteiger partial charge in [0.2, 0.25) is 11.8 Å². The molecule has 1 rings (SSSR count). The normalized spacial score (nSPS) is 16.0. The highest BCUT2D eigenvalue weighted by atomic mass is 35.5. The van der Waals surface area contributed by atoms with E-state index in [-0.39, 0.29) is 42.7 Å². The summed E-state index contributed by atoms with van der Waals surface area (Å²) in [5.74, 6) is 0.167. The molecule has 1 aliphatic heterocycles. The minimum Gasteiger partial charge on any atom is -0.383 e. The van der Waals surface area contributed by atoms with E-state index in [2.05, 4.69) is 10.2 Å². The molecule has 0 bridgehead atoms. The maximum Gasteiger partial charge on any atom is 0.234 e. The van der Waals surface area contributed by atoms with Gasteiger partial charge in [0.15, 0.2) is 0 Å². The summed E-state index contributed by atoms with van der Waals surface area (Å²) in [4.78, 5) is 27.6. The van der Waals surface area contributed by atoms with Crippen molar-refractivity contribution < 1.29 is 14.3 Å². The summed E-state index contributed by atoms with van der Waals surface area (Å²) >= 11 is 0. The van der Waals surface area contributed by atoms with Crippen molar-refractivity contribution in [2.75, 3.05) is 53.0 Å². The Morgan fingerprint density at radius 3 is 2.35 bits per heavy atom. The minimum absolute atomic E-state index is 0. The van der Waals surface area contributed by atoms with Gasteiger partial charge in [-0.2, -0.15) is 0 Å². The van der Waals surface area contributed by atoms with Crippen LogP contribution in [0.3, 0.4) is 0 Å². The van der Waals surface area contributed by atoms with Crippen LogP contribution in [0.2, 0.25) is 0 Å². The number of hydrogen-bond donors (Lipinski definition) is 2. The number of nitrogens with zero attached hydrogens (tertiary/aromatic N) is 2. The standard InChI is InChI=1S/C14H28N4O3.2ClH/c1-12(15)3-4-14(20)18-8-6-17(7-9-18)11-13(19)16-5-10-21-2;;/h12H,3-11,15H2,1-2H3,(H,16,19);2*1H. The second-order valence-corrected chi connectivity index (χ2v) is 5.52. The Bertz CT molecular complexity index is 338. The number of rotatable bonds is 8. The molecule has 1 saturated heterocycles. The first-order valence-corrected chi connectivity index (χ1v) is 7.54. The number of amides is 2. The molecule has 1 heterocycles. The highest BCUT2D eigenvalue weighted by molar-refractivity contribution is 5.85. The topological polar surface area (TPSA) is 87.9 Å². The second kappa shape index (κ2) is 13.8. The van der Waals surface area contributed by atoms with E-state index < -0.39 is 0 Å². The number of halogens is 2. The number of nitrogens with two attached hydrogens (primary N) is 1. The van der Waals surface area contributed by atoms with E-state index >= 15 is 0 Å². The lowest BCUT2D eigenvalue weighted by atomic mass is 10.1.